The molecule has 0 fully saturated rings. The molecule has 0 aliphatic rings. The molecular formula is C10H22BrNO4S2. The number of hydrogen-bond acceptors (Lipinski definition) is 4. The molecular weight excluding hydrogens is 342 g/mol. The Bertz CT molecular complexity index is 429. The summed E-state index contributed by atoms with van der Waals surface area (Å²) in [6, 6.07) is -0.0629. The van der Waals surface area contributed by atoms with Gasteiger partial charge in [-0.2, -0.15) is 4.31 Å². The first-order valence-electron chi connectivity index (χ1n) is 5.91. The van der Waals surface area contributed by atoms with E-state index in [1.54, 1.807) is 0 Å². The van der Waals surface area contributed by atoms with Crippen LogP contribution in [0.3, 0.4) is 0 Å². The molecule has 5 nitrogen and oxygen atoms in total. The first-order chi connectivity index (χ1) is 8.18. The Hall–Kier alpha value is 0.340. The fourth-order valence-corrected chi connectivity index (χ4v) is 5.73. The van der Waals surface area contributed by atoms with E-state index in [9.17, 15) is 16.8 Å². The Kier molecular flexibility index (Phi) is 7.96. The molecule has 0 aromatic rings. The van der Waals surface area contributed by atoms with Gasteiger partial charge in [-0.1, -0.05) is 29.8 Å². The van der Waals surface area contributed by atoms with Gasteiger partial charge in [0.25, 0.3) is 0 Å². The van der Waals surface area contributed by atoms with Gasteiger partial charge in [-0.3, -0.25) is 0 Å². The van der Waals surface area contributed by atoms with Crippen molar-refractivity contribution in [3.05, 3.63) is 0 Å². The van der Waals surface area contributed by atoms with Gasteiger partial charge in [-0.25, -0.2) is 16.8 Å². The normalized spacial score (nSPS) is 13.4. The highest BCUT2D eigenvalue weighted by Gasteiger charge is 2.28. The highest BCUT2D eigenvalue weighted by molar-refractivity contribution is 9.09. The summed E-state index contributed by atoms with van der Waals surface area (Å²) in [5.74, 6) is -0.663. The van der Waals surface area contributed by atoms with E-state index < -0.39 is 19.9 Å². The molecule has 0 aromatic carbocycles. The van der Waals surface area contributed by atoms with Crippen LogP contribution in [0.5, 0.6) is 0 Å². The van der Waals surface area contributed by atoms with Crippen LogP contribution in [0.1, 0.15) is 26.7 Å². The van der Waals surface area contributed by atoms with Crippen molar-refractivity contribution in [2.75, 3.05) is 29.6 Å². The van der Waals surface area contributed by atoms with Crippen LogP contribution in [0.2, 0.25) is 0 Å². The van der Waals surface area contributed by atoms with Crippen LogP contribution in [0, 0.1) is 0 Å². The fourth-order valence-electron chi connectivity index (χ4n) is 1.70. The zero-order valence-corrected chi connectivity index (χ0v) is 14.3. The van der Waals surface area contributed by atoms with Gasteiger partial charge in [-0.15, -0.1) is 0 Å². The van der Waals surface area contributed by atoms with Gasteiger partial charge in [0, 0.05) is 24.2 Å². The van der Waals surface area contributed by atoms with Crippen molar-refractivity contribution in [3.63, 3.8) is 0 Å². The molecule has 0 radical (unpaired) electrons. The van der Waals surface area contributed by atoms with Gasteiger partial charge in [0.05, 0.1) is 11.5 Å². The Balaban J connectivity index is 4.97. The summed E-state index contributed by atoms with van der Waals surface area (Å²) in [6.45, 7) is 4.24. The third-order valence-corrected chi connectivity index (χ3v) is 6.20. The van der Waals surface area contributed by atoms with Crippen molar-refractivity contribution >= 4 is 35.8 Å². The van der Waals surface area contributed by atoms with E-state index in [-0.39, 0.29) is 17.5 Å². The topological polar surface area (TPSA) is 71.5 Å². The van der Waals surface area contributed by atoms with E-state index in [4.69, 9.17) is 0 Å². The summed E-state index contributed by atoms with van der Waals surface area (Å²) in [5.41, 5.74) is 0. The largest absolute Gasteiger partial charge is 0.229 e. The molecule has 0 aliphatic carbocycles. The maximum Gasteiger partial charge on any atom is 0.215 e. The third-order valence-electron chi connectivity index (χ3n) is 2.72. The quantitative estimate of drug-likeness (QED) is 0.578. The fraction of sp³-hybridized carbons (Fsp3) is 1.00. The predicted octanol–water partition coefficient (Wildman–Crippen LogP) is 1.25. The maximum atomic E-state index is 12.2. The highest BCUT2D eigenvalue weighted by Crippen LogP contribution is 2.15. The number of alkyl halides is 1. The number of sulfonamides is 1. The Morgan fingerprint density at radius 2 is 1.56 bits per heavy atom. The van der Waals surface area contributed by atoms with Crippen molar-refractivity contribution in [2.24, 2.45) is 0 Å². The van der Waals surface area contributed by atoms with E-state index in [2.05, 4.69) is 15.9 Å². The third kappa shape index (κ3) is 6.49. The number of rotatable bonds is 9. The molecule has 0 rings (SSSR count). The molecule has 110 valence electrons. The molecule has 0 aliphatic heterocycles. The van der Waals surface area contributed by atoms with Crippen LogP contribution >= 0.6 is 15.9 Å². The van der Waals surface area contributed by atoms with Gasteiger partial charge in [0.1, 0.15) is 9.84 Å². The molecule has 18 heavy (non-hydrogen) atoms. The molecule has 0 atom stereocenters. The minimum atomic E-state index is -3.52. The second-order valence-electron chi connectivity index (χ2n) is 4.22. The van der Waals surface area contributed by atoms with Gasteiger partial charge < -0.3 is 0 Å². The van der Waals surface area contributed by atoms with Crippen LogP contribution < -0.4 is 0 Å². The lowest BCUT2D eigenvalue weighted by Crippen LogP contribution is -2.43. The van der Waals surface area contributed by atoms with E-state index in [1.807, 2.05) is 13.8 Å². The van der Waals surface area contributed by atoms with Crippen LogP contribution in [-0.2, 0) is 19.9 Å². The second kappa shape index (κ2) is 7.81. The molecule has 0 N–H and O–H groups in total. The average Bonchev–Trinajstić information content (AvgIpc) is 2.26. The summed E-state index contributed by atoms with van der Waals surface area (Å²) >= 11 is 3.24. The summed E-state index contributed by atoms with van der Waals surface area (Å²) < 4.78 is 47.9. The van der Waals surface area contributed by atoms with Gasteiger partial charge in [0.2, 0.25) is 10.0 Å². The first-order valence-corrected chi connectivity index (χ1v) is 10.7. The standard InChI is InChI=1S/C10H22BrNO4S2/c1-4-10(5-2)12(7-6-11)18(15,16)9-8-17(3,13)14/h10H,4-9H2,1-3H3. The summed E-state index contributed by atoms with van der Waals surface area (Å²) in [7, 11) is -6.78. The molecule has 0 saturated heterocycles. The molecule has 0 heterocycles. The van der Waals surface area contributed by atoms with E-state index in [1.165, 1.54) is 4.31 Å². The maximum absolute atomic E-state index is 12.2. The Morgan fingerprint density at radius 3 is 1.89 bits per heavy atom. The molecule has 0 aromatic heterocycles. The van der Waals surface area contributed by atoms with Crippen molar-refractivity contribution < 1.29 is 16.8 Å². The molecule has 0 amide bonds. The van der Waals surface area contributed by atoms with Crippen LogP contribution in [0.25, 0.3) is 0 Å². The zero-order valence-electron chi connectivity index (χ0n) is 11.1. The predicted molar refractivity (Wildman–Crippen MR) is 78.4 cm³/mol. The van der Waals surface area contributed by atoms with Crippen molar-refractivity contribution in [1.29, 1.82) is 0 Å². The Labute approximate surface area is 119 Å². The minimum absolute atomic E-state index is 0.0629. The zero-order chi connectivity index (χ0) is 14.4. The average molecular weight is 364 g/mol. The second-order valence-corrected chi connectivity index (χ2v) is 9.31. The molecule has 0 saturated carbocycles. The number of nitrogens with zero attached hydrogens (tertiary/aromatic N) is 1. The Morgan fingerprint density at radius 1 is 1.06 bits per heavy atom. The summed E-state index contributed by atoms with van der Waals surface area (Å²) in [4.78, 5) is 0. The summed E-state index contributed by atoms with van der Waals surface area (Å²) in [5, 5.41) is 0.543. The molecule has 8 heteroatoms. The van der Waals surface area contributed by atoms with Crippen LogP contribution in [-0.4, -0.2) is 56.8 Å². The lowest BCUT2D eigenvalue weighted by molar-refractivity contribution is 0.318. The van der Waals surface area contributed by atoms with Crippen LogP contribution in [0.15, 0.2) is 0 Å². The minimum Gasteiger partial charge on any atom is -0.229 e. The van der Waals surface area contributed by atoms with Gasteiger partial charge >= 0.3 is 0 Å². The van der Waals surface area contributed by atoms with Crippen LogP contribution in [0.4, 0.5) is 0 Å². The van der Waals surface area contributed by atoms with E-state index >= 15 is 0 Å². The summed E-state index contributed by atoms with van der Waals surface area (Å²) in [6.07, 6.45) is 2.50. The van der Waals surface area contributed by atoms with E-state index in [0.717, 1.165) is 19.1 Å². The molecule has 0 spiro atoms. The smallest absolute Gasteiger partial charge is 0.215 e. The first kappa shape index (κ1) is 18.3. The number of sulfone groups is 1. The monoisotopic (exact) mass is 363 g/mol. The lowest BCUT2D eigenvalue weighted by atomic mass is 10.2. The molecule has 0 bridgehead atoms. The SMILES string of the molecule is CCC(CC)N(CCBr)S(=O)(=O)CCS(C)(=O)=O. The van der Waals surface area contributed by atoms with Crippen molar-refractivity contribution in [3.8, 4) is 0 Å². The number of hydrogen-bond donors (Lipinski definition) is 0. The lowest BCUT2D eigenvalue weighted by Gasteiger charge is -2.28. The van der Waals surface area contributed by atoms with Crippen molar-refractivity contribution in [1.82, 2.24) is 4.31 Å². The van der Waals surface area contributed by atoms with E-state index in [0.29, 0.717) is 11.9 Å². The van der Waals surface area contributed by atoms with Gasteiger partial charge in [0.15, 0.2) is 0 Å². The molecule has 0 unspecified atom stereocenters. The van der Waals surface area contributed by atoms with Gasteiger partial charge in [-0.05, 0) is 12.8 Å². The highest BCUT2D eigenvalue weighted by atomic mass is 79.9. The number of halogens is 1. The van der Waals surface area contributed by atoms with Crippen molar-refractivity contribution in [2.45, 2.75) is 32.7 Å².